The number of imide groups is 1. The van der Waals surface area contributed by atoms with Gasteiger partial charge in [-0.25, -0.2) is 0 Å². The van der Waals surface area contributed by atoms with E-state index in [0.29, 0.717) is 33.0 Å². The number of rotatable bonds is 9. The van der Waals surface area contributed by atoms with Crippen LogP contribution in [0.5, 0.6) is 0 Å². The summed E-state index contributed by atoms with van der Waals surface area (Å²) in [7, 11) is 0. The highest BCUT2D eigenvalue weighted by atomic mass is 16.5. The lowest BCUT2D eigenvalue weighted by Gasteiger charge is -2.13. The smallest absolute Gasteiger partial charge is 0.254 e. The molecule has 1 aliphatic rings. The molecule has 19 heavy (non-hydrogen) atoms. The van der Waals surface area contributed by atoms with Gasteiger partial charge in [0.25, 0.3) is 11.8 Å². The molecule has 0 radical (unpaired) electrons. The normalized spacial score (nSPS) is 14.3. The van der Waals surface area contributed by atoms with Gasteiger partial charge in [-0.2, -0.15) is 0 Å². The second kappa shape index (κ2) is 8.39. The predicted molar refractivity (Wildman–Crippen MR) is 66.2 cm³/mol. The van der Waals surface area contributed by atoms with E-state index in [4.69, 9.17) is 9.47 Å². The lowest BCUT2D eigenvalue weighted by molar-refractivity contribution is -0.141. The molecule has 0 saturated heterocycles. The Morgan fingerprint density at radius 3 is 2.42 bits per heavy atom. The largest absolute Gasteiger partial charge is 0.379 e. The summed E-state index contributed by atoms with van der Waals surface area (Å²) in [5.41, 5.74) is 0. The van der Waals surface area contributed by atoms with Crippen LogP contribution >= 0.6 is 0 Å². The average molecular weight is 270 g/mol. The number of ether oxygens (including phenoxy) is 2. The van der Waals surface area contributed by atoms with E-state index in [2.05, 4.69) is 5.32 Å². The van der Waals surface area contributed by atoms with Crippen LogP contribution in [0, 0.1) is 0 Å². The van der Waals surface area contributed by atoms with Crippen LogP contribution in [0.4, 0.5) is 0 Å². The summed E-state index contributed by atoms with van der Waals surface area (Å²) in [5, 5.41) is 2.56. The third-order valence-corrected chi connectivity index (χ3v) is 2.35. The van der Waals surface area contributed by atoms with Gasteiger partial charge in [-0.3, -0.25) is 19.3 Å². The molecule has 0 aromatic carbocycles. The molecule has 1 aliphatic heterocycles. The molecular weight excluding hydrogens is 252 g/mol. The van der Waals surface area contributed by atoms with E-state index in [9.17, 15) is 14.4 Å². The molecule has 3 amide bonds. The van der Waals surface area contributed by atoms with Crippen molar-refractivity contribution < 1.29 is 23.9 Å². The molecule has 0 atom stereocenters. The Hall–Kier alpha value is -1.73. The summed E-state index contributed by atoms with van der Waals surface area (Å²) < 4.78 is 10.3. The Kier molecular flexibility index (Phi) is 6.76. The zero-order valence-electron chi connectivity index (χ0n) is 10.9. The van der Waals surface area contributed by atoms with Crippen molar-refractivity contribution in [3.8, 4) is 0 Å². The number of nitrogens with zero attached hydrogens (tertiary/aromatic N) is 1. The second-order valence-corrected chi connectivity index (χ2v) is 3.76. The highest BCUT2D eigenvalue weighted by Gasteiger charge is 2.25. The summed E-state index contributed by atoms with van der Waals surface area (Å²) in [5.74, 6) is -1.32. The van der Waals surface area contributed by atoms with Crippen molar-refractivity contribution in [1.82, 2.24) is 10.2 Å². The lowest BCUT2D eigenvalue weighted by Crippen LogP contribution is -2.41. The molecule has 1 rings (SSSR count). The van der Waals surface area contributed by atoms with E-state index in [0.717, 1.165) is 17.1 Å². The highest BCUT2D eigenvalue weighted by molar-refractivity contribution is 6.14. The molecule has 0 bridgehead atoms. The van der Waals surface area contributed by atoms with E-state index < -0.39 is 11.8 Å². The molecule has 0 spiro atoms. The molecule has 0 saturated carbocycles. The molecule has 7 heteroatoms. The van der Waals surface area contributed by atoms with E-state index in [-0.39, 0.29) is 12.5 Å². The third-order valence-electron chi connectivity index (χ3n) is 2.35. The molecule has 0 aliphatic carbocycles. The number of carbonyl (C=O) groups excluding carboxylic acids is 3. The standard InChI is InChI=1S/C12H18N2O5/c1-2-18-7-8-19-6-5-13-10(15)9-14-11(16)3-4-12(14)17/h3-4H,2,5-9H2,1H3,(H,13,15). The fourth-order valence-corrected chi connectivity index (χ4v) is 1.41. The van der Waals surface area contributed by atoms with Gasteiger partial charge in [0.15, 0.2) is 0 Å². The monoisotopic (exact) mass is 270 g/mol. The Bertz CT molecular complexity index is 349. The van der Waals surface area contributed by atoms with Gasteiger partial charge >= 0.3 is 0 Å². The summed E-state index contributed by atoms with van der Waals surface area (Å²) in [6, 6.07) is 0. The molecule has 106 valence electrons. The van der Waals surface area contributed by atoms with Crippen molar-refractivity contribution in [3.05, 3.63) is 12.2 Å². The molecule has 0 unspecified atom stereocenters. The summed E-state index contributed by atoms with van der Waals surface area (Å²) >= 11 is 0. The van der Waals surface area contributed by atoms with Crippen molar-refractivity contribution >= 4 is 17.7 Å². The first kappa shape index (κ1) is 15.3. The van der Waals surface area contributed by atoms with Crippen LogP contribution in [0.3, 0.4) is 0 Å². The summed E-state index contributed by atoms with van der Waals surface area (Å²) in [6.07, 6.45) is 2.29. The maximum Gasteiger partial charge on any atom is 0.254 e. The number of hydrogen-bond acceptors (Lipinski definition) is 5. The first-order chi connectivity index (χ1) is 9.15. The topological polar surface area (TPSA) is 84.9 Å². The minimum Gasteiger partial charge on any atom is -0.379 e. The van der Waals surface area contributed by atoms with Crippen LogP contribution in [0.1, 0.15) is 6.92 Å². The van der Waals surface area contributed by atoms with Crippen molar-refractivity contribution in [1.29, 1.82) is 0 Å². The van der Waals surface area contributed by atoms with E-state index >= 15 is 0 Å². The van der Waals surface area contributed by atoms with E-state index in [1.165, 1.54) is 0 Å². The minimum absolute atomic E-state index is 0.260. The van der Waals surface area contributed by atoms with Crippen LogP contribution in [-0.2, 0) is 23.9 Å². The maximum atomic E-state index is 11.5. The molecule has 1 N–H and O–H groups in total. The van der Waals surface area contributed by atoms with E-state index in [1.807, 2.05) is 6.92 Å². The minimum atomic E-state index is -0.465. The van der Waals surface area contributed by atoms with Crippen LogP contribution in [0.25, 0.3) is 0 Å². The molecule has 0 aromatic heterocycles. The molecule has 7 nitrogen and oxygen atoms in total. The summed E-state index contributed by atoms with van der Waals surface area (Å²) in [6.45, 7) is 3.96. The third kappa shape index (κ3) is 5.62. The van der Waals surface area contributed by atoms with Gasteiger partial charge in [0.05, 0.1) is 19.8 Å². The highest BCUT2D eigenvalue weighted by Crippen LogP contribution is 2.01. The van der Waals surface area contributed by atoms with Gasteiger partial charge in [0.1, 0.15) is 6.54 Å². The zero-order chi connectivity index (χ0) is 14.1. The van der Waals surface area contributed by atoms with Gasteiger partial charge in [-0.1, -0.05) is 0 Å². The van der Waals surface area contributed by atoms with E-state index in [1.54, 1.807) is 0 Å². The number of amides is 3. The molecule has 1 heterocycles. The Labute approximate surface area is 111 Å². The van der Waals surface area contributed by atoms with Crippen LogP contribution in [0.2, 0.25) is 0 Å². The number of carbonyl (C=O) groups is 3. The van der Waals surface area contributed by atoms with Gasteiger partial charge in [-0.05, 0) is 6.92 Å². The van der Waals surface area contributed by atoms with Gasteiger partial charge in [0, 0.05) is 25.3 Å². The van der Waals surface area contributed by atoms with Crippen LogP contribution < -0.4 is 5.32 Å². The summed E-state index contributed by atoms with van der Waals surface area (Å²) in [4.78, 5) is 34.7. The maximum absolute atomic E-state index is 11.5. The Balaban J connectivity index is 2.05. The predicted octanol–water partition coefficient (Wildman–Crippen LogP) is -0.919. The quantitative estimate of drug-likeness (QED) is 0.433. The SMILES string of the molecule is CCOCCOCCNC(=O)CN1C(=O)C=CC1=O. The molecule has 0 aromatic rings. The van der Waals surface area contributed by atoms with Crippen molar-refractivity contribution in [2.24, 2.45) is 0 Å². The number of hydrogen-bond donors (Lipinski definition) is 1. The van der Waals surface area contributed by atoms with Gasteiger partial charge in [0.2, 0.25) is 5.91 Å². The lowest BCUT2D eigenvalue weighted by atomic mass is 10.4. The second-order valence-electron chi connectivity index (χ2n) is 3.76. The first-order valence-corrected chi connectivity index (χ1v) is 6.11. The van der Waals surface area contributed by atoms with Crippen LogP contribution in [0.15, 0.2) is 12.2 Å². The molecular formula is C12H18N2O5. The average Bonchev–Trinajstić information content (AvgIpc) is 2.69. The Morgan fingerprint density at radius 2 is 1.79 bits per heavy atom. The fourth-order valence-electron chi connectivity index (χ4n) is 1.41. The first-order valence-electron chi connectivity index (χ1n) is 6.11. The van der Waals surface area contributed by atoms with Crippen LogP contribution in [-0.4, -0.2) is 62.1 Å². The molecule has 0 fully saturated rings. The van der Waals surface area contributed by atoms with Crippen molar-refractivity contribution in [2.75, 3.05) is 39.5 Å². The fraction of sp³-hybridized carbons (Fsp3) is 0.583. The van der Waals surface area contributed by atoms with Gasteiger partial charge in [-0.15, -0.1) is 0 Å². The van der Waals surface area contributed by atoms with Crippen molar-refractivity contribution in [2.45, 2.75) is 6.92 Å². The number of nitrogens with one attached hydrogen (secondary N) is 1. The van der Waals surface area contributed by atoms with Gasteiger partial charge < -0.3 is 14.8 Å². The Morgan fingerprint density at radius 1 is 1.16 bits per heavy atom. The van der Waals surface area contributed by atoms with Crippen molar-refractivity contribution in [3.63, 3.8) is 0 Å². The zero-order valence-corrected chi connectivity index (χ0v) is 10.9.